The second-order valence-corrected chi connectivity index (χ2v) is 4.30. The van der Waals surface area contributed by atoms with Gasteiger partial charge in [0.05, 0.1) is 6.10 Å². The molecule has 1 saturated heterocycles. The van der Waals surface area contributed by atoms with Gasteiger partial charge in [0.15, 0.2) is 6.29 Å². The van der Waals surface area contributed by atoms with Crippen LogP contribution in [0.5, 0.6) is 0 Å². The van der Waals surface area contributed by atoms with Gasteiger partial charge in [0.25, 0.3) is 0 Å². The van der Waals surface area contributed by atoms with Crippen LogP contribution in [-0.4, -0.2) is 32.1 Å². The van der Waals surface area contributed by atoms with Gasteiger partial charge in [-0.3, -0.25) is 4.79 Å². The van der Waals surface area contributed by atoms with Crippen LogP contribution < -0.4 is 4.90 Å². The van der Waals surface area contributed by atoms with Crippen LogP contribution in [0.4, 0.5) is 10.1 Å². The van der Waals surface area contributed by atoms with E-state index in [0.29, 0.717) is 11.8 Å². The fraction of sp³-hybridized carbons (Fsp3) is 0.462. The number of hydrogen-bond donors (Lipinski definition) is 0. The monoisotopic (exact) mass is 237 g/mol. The van der Waals surface area contributed by atoms with Gasteiger partial charge in [-0.15, -0.1) is 0 Å². The number of rotatable bonds is 2. The van der Waals surface area contributed by atoms with E-state index in [1.54, 1.807) is 6.07 Å². The van der Waals surface area contributed by atoms with Crippen LogP contribution in [0.1, 0.15) is 23.7 Å². The van der Waals surface area contributed by atoms with Crippen molar-refractivity contribution < 1.29 is 13.9 Å². The number of benzene rings is 1. The molecule has 92 valence electrons. The molecule has 1 atom stereocenters. The highest BCUT2D eigenvalue weighted by Crippen LogP contribution is 2.22. The summed E-state index contributed by atoms with van der Waals surface area (Å²) in [6.45, 7) is 4.29. The Balaban J connectivity index is 2.28. The Bertz CT molecular complexity index is 408. The van der Waals surface area contributed by atoms with Crippen molar-refractivity contribution in [3.05, 3.63) is 29.6 Å². The Hall–Kier alpha value is -1.42. The molecule has 4 heteroatoms. The number of nitrogens with zero attached hydrogens (tertiary/aromatic N) is 1. The zero-order valence-corrected chi connectivity index (χ0v) is 9.86. The summed E-state index contributed by atoms with van der Waals surface area (Å²) in [6, 6.07) is 4.33. The Morgan fingerprint density at radius 1 is 1.53 bits per heavy atom. The number of carbonyl (C=O) groups is 1. The molecule has 3 nitrogen and oxygen atoms in total. The zero-order chi connectivity index (χ0) is 12.3. The van der Waals surface area contributed by atoms with Crippen molar-refractivity contribution in [2.45, 2.75) is 19.4 Å². The molecule has 1 unspecified atom stereocenters. The standard InChI is InChI=1S/C13H16FNO2/c1-10-8-15(5-2-6-17-10)13-4-3-12(14)7-11(13)9-16/h3-4,7,9-10H,2,5-6,8H2,1H3. The minimum atomic E-state index is -0.380. The molecule has 0 bridgehead atoms. The summed E-state index contributed by atoms with van der Waals surface area (Å²) in [5.74, 6) is -0.380. The molecule has 17 heavy (non-hydrogen) atoms. The van der Waals surface area contributed by atoms with Crippen LogP contribution in [0, 0.1) is 5.82 Å². The summed E-state index contributed by atoms with van der Waals surface area (Å²) in [7, 11) is 0. The maximum atomic E-state index is 13.1. The zero-order valence-electron chi connectivity index (χ0n) is 9.86. The highest BCUT2D eigenvalue weighted by molar-refractivity contribution is 5.84. The van der Waals surface area contributed by atoms with Crippen LogP contribution in [0.2, 0.25) is 0 Å². The topological polar surface area (TPSA) is 29.5 Å². The van der Waals surface area contributed by atoms with Crippen molar-refractivity contribution in [2.75, 3.05) is 24.6 Å². The van der Waals surface area contributed by atoms with Crippen molar-refractivity contribution in [1.82, 2.24) is 0 Å². The fourth-order valence-corrected chi connectivity index (χ4v) is 2.12. The normalized spacial score (nSPS) is 21.1. The Labute approximate surface area is 100 Å². The Kier molecular flexibility index (Phi) is 3.74. The molecule has 0 aliphatic carbocycles. The first kappa shape index (κ1) is 12.0. The summed E-state index contributed by atoms with van der Waals surface area (Å²) in [6.07, 6.45) is 1.75. The average Bonchev–Trinajstić information content (AvgIpc) is 2.53. The predicted molar refractivity (Wildman–Crippen MR) is 64.0 cm³/mol. The van der Waals surface area contributed by atoms with Crippen molar-refractivity contribution in [3.8, 4) is 0 Å². The quantitative estimate of drug-likeness (QED) is 0.739. The molecule has 1 aromatic rings. The van der Waals surface area contributed by atoms with Gasteiger partial charge in [0.2, 0.25) is 0 Å². The summed E-state index contributed by atoms with van der Waals surface area (Å²) in [5.41, 5.74) is 1.19. The van der Waals surface area contributed by atoms with Gasteiger partial charge in [-0.1, -0.05) is 0 Å². The van der Waals surface area contributed by atoms with Gasteiger partial charge >= 0.3 is 0 Å². The lowest BCUT2D eigenvalue weighted by atomic mass is 10.1. The minimum Gasteiger partial charge on any atom is -0.377 e. The van der Waals surface area contributed by atoms with Crippen molar-refractivity contribution in [1.29, 1.82) is 0 Å². The van der Waals surface area contributed by atoms with Crippen molar-refractivity contribution in [3.63, 3.8) is 0 Å². The van der Waals surface area contributed by atoms with E-state index < -0.39 is 0 Å². The molecule has 0 saturated carbocycles. The Morgan fingerprint density at radius 3 is 3.12 bits per heavy atom. The van der Waals surface area contributed by atoms with Crippen LogP contribution >= 0.6 is 0 Å². The molecule has 1 fully saturated rings. The van der Waals surface area contributed by atoms with E-state index in [0.717, 1.165) is 31.8 Å². The second kappa shape index (κ2) is 5.27. The summed E-state index contributed by atoms with van der Waals surface area (Å²) >= 11 is 0. The molecule has 1 aromatic carbocycles. The van der Waals surface area contributed by atoms with E-state index in [2.05, 4.69) is 4.90 Å². The lowest BCUT2D eigenvalue weighted by molar-refractivity contribution is 0.0820. The average molecular weight is 237 g/mol. The van der Waals surface area contributed by atoms with Gasteiger partial charge in [-0.05, 0) is 31.5 Å². The first-order valence-electron chi connectivity index (χ1n) is 5.82. The third kappa shape index (κ3) is 2.82. The summed E-state index contributed by atoms with van der Waals surface area (Å²) in [4.78, 5) is 13.0. The molecular weight excluding hydrogens is 221 g/mol. The maximum Gasteiger partial charge on any atom is 0.152 e. The largest absolute Gasteiger partial charge is 0.377 e. The lowest BCUT2D eigenvalue weighted by Gasteiger charge is -2.25. The van der Waals surface area contributed by atoms with E-state index in [4.69, 9.17) is 4.74 Å². The Morgan fingerprint density at radius 2 is 2.35 bits per heavy atom. The third-order valence-electron chi connectivity index (χ3n) is 2.91. The van der Waals surface area contributed by atoms with E-state index in [-0.39, 0.29) is 11.9 Å². The fourth-order valence-electron chi connectivity index (χ4n) is 2.12. The molecule has 0 spiro atoms. The second-order valence-electron chi connectivity index (χ2n) is 4.30. The van der Waals surface area contributed by atoms with Gasteiger partial charge in [-0.2, -0.15) is 0 Å². The molecule has 0 radical (unpaired) electrons. The van der Waals surface area contributed by atoms with E-state index in [1.807, 2.05) is 6.92 Å². The highest BCUT2D eigenvalue weighted by atomic mass is 19.1. The summed E-state index contributed by atoms with van der Waals surface area (Å²) in [5, 5.41) is 0. The molecule has 1 aliphatic rings. The molecule has 0 aromatic heterocycles. The minimum absolute atomic E-state index is 0.127. The van der Waals surface area contributed by atoms with E-state index >= 15 is 0 Å². The van der Waals surface area contributed by atoms with Crippen LogP contribution in [0.15, 0.2) is 18.2 Å². The molecule has 2 rings (SSSR count). The van der Waals surface area contributed by atoms with Gasteiger partial charge in [0.1, 0.15) is 5.82 Å². The first-order chi connectivity index (χ1) is 8.20. The maximum absolute atomic E-state index is 13.1. The molecule has 1 aliphatic heterocycles. The predicted octanol–water partition coefficient (Wildman–Crippen LogP) is 2.25. The van der Waals surface area contributed by atoms with Crippen LogP contribution in [0.3, 0.4) is 0 Å². The van der Waals surface area contributed by atoms with Gasteiger partial charge in [0, 0.05) is 30.9 Å². The van der Waals surface area contributed by atoms with Crippen molar-refractivity contribution in [2.24, 2.45) is 0 Å². The van der Waals surface area contributed by atoms with Crippen LogP contribution in [-0.2, 0) is 4.74 Å². The third-order valence-corrected chi connectivity index (χ3v) is 2.91. The number of carbonyl (C=O) groups excluding carboxylic acids is 1. The SMILES string of the molecule is CC1CN(c2ccc(F)cc2C=O)CCCO1. The molecular formula is C13H16FNO2. The number of hydrogen-bond acceptors (Lipinski definition) is 3. The van der Waals surface area contributed by atoms with Gasteiger partial charge < -0.3 is 9.64 Å². The summed E-state index contributed by atoms with van der Waals surface area (Å²) < 4.78 is 18.6. The number of anilines is 1. The van der Waals surface area contributed by atoms with Crippen molar-refractivity contribution >= 4 is 12.0 Å². The number of ether oxygens (including phenoxy) is 1. The highest BCUT2D eigenvalue weighted by Gasteiger charge is 2.17. The lowest BCUT2D eigenvalue weighted by Crippen LogP contribution is -2.30. The van der Waals surface area contributed by atoms with E-state index in [1.165, 1.54) is 12.1 Å². The van der Waals surface area contributed by atoms with E-state index in [9.17, 15) is 9.18 Å². The van der Waals surface area contributed by atoms with Crippen LogP contribution in [0.25, 0.3) is 0 Å². The molecule has 0 amide bonds. The number of halogens is 1. The molecule has 1 heterocycles. The number of aldehydes is 1. The molecule has 0 N–H and O–H groups in total. The first-order valence-corrected chi connectivity index (χ1v) is 5.82. The van der Waals surface area contributed by atoms with Gasteiger partial charge in [-0.25, -0.2) is 4.39 Å². The smallest absolute Gasteiger partial charge is 0.152 e.